The Labute approximate surface area is 152 Å². The molecule has 7 heteroatoms. The molecule has 0 N–H and O–H groups in total. The Morgan fingerprint density at radius 1 is 1.44 bits per heavy atom. The molecule has 1 saturated heterocycles. The lowest BCUT2D eigenvalue weighted by molar-refractivity contribution is 0.158. The number of halogens is 1. The lowest BCUT2D eigenvalue weighted by Gasteiger charge is -2.11. The zero-order valence-electron chi connectivity index (χ0n) is 14.6. The van der Waals surface area contributed by atoms with Crippen molar-refractivity contribution in [3.05, 3.63) is 28.8 Å². The molecule has 0 spiro atoms. The molecule has 25 heavy (non-hydrogen) atoms. The van der Waals surface area contributed by atoms with Gasteiger partial charge in [0.2, 0.25) is 0 Å². The first-order valence-electron chi connectivity index (χ1n) is 7.93. The number of aryl methyl sites for hydroxylation is 1. The summed E-state index contributed by atoms with van der Waals surface area (Å²) in [6.45, 7) is 3.71. The Balaban J connectivity index is 2.04. The van der Waals surface area contributed by atoms with Gasteiger partial charge in [0.25, 0.3) is 0 Å². The normalized spacial score (nSPS) is 14.0. The van der Waals surface area contributed by atoms with E-state index in [-0.39, 0.29) is 11.3 Å². The number of rotatable bonds is 6. The van der Waals surface area contributed by atoms with Crippen molar-refractivity contribution in [1.29, 1.82) is 0 Å². The summed E-state index contributed by atoms with van der Waals surface area (Å²) in [7, 11) is 3.01. The minimum absolute atomic E-state index is 0.207. The summed E-state index contributed by atoms with van der Waals surface area (Å²) in [4.78, 5) is 17.8. The maximum Gasteiger partial charge on any atom is 0.409 e. The largest absolute Gasteiger partial charge is 0.496 e. The van der Waals surface area contributed by atoms with E-state index in [1.807, 2.05) is 19.1 Å². The van der Waals surface area contributed by atoms with E-state index in [0.29, 0.717) is 37.4 Å². The first-order chi connectivity index (χ1) is 12.1. The third-order valence-electron chi connectivity index (χ3n) is 3.68. The molecule has 0 aromatic heterocycles. The van der Waals surface area contributed by atoms with E-state index in [2.05, 4.69) is 17.0 Å². The highest BCUT2D eigenvalue weighted by Crippen LogP contribution is 2.27. The summed E-state index contributed by atoms with van der Waals surface area (Å²) < 4.78 is 10.3. The van der Waals surface area contributed by atoms with Crippen LogP contribution in [-0.2, 0) is 9.57 Å². The van der Waals surface area contributed by atoms with Crippen LogP contribution in [0.2, 0.25) is 0 Å². The number of carbonyl (C=O) groups is 1. The predicted molar refractivity (Wildman–Crippen MR) is 96.2 cm³/mol. The van der Waals surface area contributed by atoms with Gasteiger partial charge < -0.3 is 19.2 Å². The smallest absolute Gasteiger partial charge is 0.409 e. The van der Waals surface area contributed by atoms with Crippen LogP contribution in [0.5, 0.6) is 5.75 Å². The number of cyclic esters (lactones) is 1. The van der Waals surface area contributed by atoms with E-state index in [9.17, 15) is 4.79 Å². The molecule has 0 unspecified atom stereocenters. The van der Waals surface area contributed by atoms with Crippen molar-refractivity contribution in [3.8, 4) is 17.6 Å². The minimum Gasteiger partial charge on any atom is -0.496 e. The van der Waals surface area contributed by atoms with Crippen LogP contribution in [-0.4, -0.2) is 50.1 Å². The fourth-order valence-electron chi connectivity index (χ4n) is 2.55. The molecule has 6 nitrogen and oxygen atoms in total. The minimum atomic E-state index is -0.240. The lowest BCUT2D eigenvalue weighted by Crippen LogP contribution is -2.25. The first kappa shape index (κ1) is 18.9. The Bertz CT molecular complexity index is 722. The van der Waals surface area contributed by atoms with Crippen LogP contribution in [0, 0.1) is 18.8 Å². The summed E-state index contributed by atoms with van der Waals surface area (Å²) in [5, 5.41) is 3.96. The van der Waals surface area contributed by atoms with Gasteiger partial charge in [0, 0.05) is 18.5 Å². The molecule has 0 radical (unpaired) electrons. The molecule has 1 amide bonds. The van der Waals surface area contributed by atoms with Crippen LogP contribution in [0.4, 0.5) is 4.79 Å². The predicted octanol–water partition coefficient (Wildman–Crippen LogP) is 3.13. The van der Waals surface area contributed by atoms with Crippen molar-refractivity contribution in [2.45, 2.75) is 19.8 Å². The molecule has 0 bridgehead atoms. The summed E-state index contributed by atoms with van der Waals surface area (Å²) in [5.74, 6) is 6.88. The number of hydrogen-bond acceptors (Lipinski definition) is 5. The van der Waals surface area contributed by atoms with Crippen LogP contribution in [0.15, 0.2) is 17.3 Å². The second kappa shape index (κ2) is 9.19. The van der Waals surface area contributed by atoms with Gasteiger partial charge in [-0.05, 0) is 31.0 Å². The maximum atomic E-state index is 11.3. The third kappa shape index (κ3) is 5.04. The van der Waals surface area contributed by atoms with Crippen molar-refractivity contribution in [1.82, 2.24) is 4.90 Å². The van der Waals surface area contributed by atoms with Crippen LogP contribution in [0.25, 0.3) is 0 Å². The zero-order valence-corrected chi connectivity index (χ0v) is 15.4. The fraction of sp³-hybridized carbons (Fsp3) is 0.444. The van der Waals surface area contributed by atoms with Gasteiger partial charge in [-0.25, -0.2) is 4.79 Å². The maximum absolute atomic E-state index is 11.3. The molecular weight excluding hydrogens is 344 g/mol. The second-order valence-electron chi connectivity index (χ2n) is 5.45. The number of unbranched alkanes of at least 4 members (excludes halogenated alkanes) is 1. The van der Waals surface area contributed by atoms with Gasteiger partial charge in [-0.3, -0.25) is 0 Å². The Kier molecular flexibility index (Phi) is 6.96. The van der Waals surface area contributed by atoms with Crippen molar-refractivity contribution >= 4 is 22.9 Å². The molecule has 1 aromatic carbocycles. The molecule has 1 heterocycles. The summed E-state index contributed by atoms with van der Waals surface area (Å²) in [6, 6.07) is 3.76. The van der Waals surface area contributed by atoms with Crippen LogP contribution in [0.1, 0.15) is 29.5 Å². The molecular formula is C18H21ClN2O4. The Morgan fingerprint density at radius 2 is 2.24 bits per heavy atom. The monoisotopic (exact) mass is 364 g/mol. The van der Waals surface area contributed by atoms with E-state index in [1.165, 1.54) is 7.11 Å². The number of carbonyl (C=O) groups excluding carboxylic acids is 1. The van der Waals surface area contributed by atoms with Crippen molar-refractivity contribution in [2.24, 2.45) is 5.16 Å². The topological polar surface area (TPSA) is 60.4 Å². The van der Waals surface area contributed by atoms with Gasteiger partial charge in [-0.2, -0.15) is 0 Å². The van der Waals surface area contributed by atoms with Crippen molar-refractivity contribution in [3.63, 3.8) is 0 Å². The molecule has 134 valence electrons. The van der Waals surface area contributed by atoms with E-state index in [0.717, 1.165) is 17.5 Å². The van der Waals surface area contributed by atoms with Gasteiger partial charge in [-0.15, -0.1) is 0 Å². The van der Waals surface area contributed by atoms with E-state index in [1.54, 1.807) is 12.0 Å². The molecule has 0 aliphatic carbocycles. The van der Waals surface area contributed by atoms with Gasteiger partial charge in [-0.1, -0.05) is 28.6 Å². The van der Waals surface area contributed by atoms with E-state index < -0.39 is 0 Å². The second-order valence-corrected chi connectivity index (χ2v) is 5.80. The fourth-order valence-corrected chi connectivity index (χ4v) is 2.76. The highest BCUT2D eigenvalue weighted by molar-refractivity contribution is 6.69. The third-order valence-corrected chi connectivity index (χ3v) is 3.95. The number of ether oxygens (including phenoxy) is 2. The molecule has 1 fully saturated rings. The van der Waals surface area contributed by atoms with E-state index >= 15 is 0 Å². The van der Waals surface area contributed by atoms with Gasteiger partial charge in [0.05, 0.1) is 19.2 Å². The Hall–Kier alpha value is -2.39. The molecule has 1 aliphatic rings. The van der Waals surface area contributed by atoms with Gasteiger partial charge in [0.1, 0.15) is 19.5 Å². The highest BCUT2D eigenvalue weighted by Gasteiger charge is 2.20. The Morgan fingerprint density at radius 3 is 2.88 bits per heavy atom. The van der Waals surface area contributed by atoms with E-state index in [4.69, 9.17) is 25.9 Å². The van der Waals surface area contributed by atoms with Crippen LogP contribution >= 0.6 is 11.6 Å². The number of hydrogen-bond donors (Lipinski definition) is 0. The first-order valence-corrected chi connectivity index (χ1v) is 8.30. The van der Waals surface area contributed by atoms with Crippen molar-refractivity contribution < 1.29 is 19.1 Å². The number of nitrogens with zero attached hydrogens (tertiary/aromatic N) is 2. The summed E-state index contributed by atoms with van der Waals surface area (Å²) >= 11 is 6.15. The van der Waals surface area contributed by atoms with Gasteiger partial charge >= 0.3 is 6.09 Å². The van der Waals surface area contributed by atoms with Crippen LogP contribution in [0.3, 0.4) is 0 Å². The average molecular weight is 365 g/mol. The molecule has 0 saturated carbocycles. The molecule has 1 aliphatic heterocycles. The molecule has 1 aromatic rings. The molecule has 0 atom stereocenters. The summed E-state index contributed by atoms with van der Waals surface area (Å²) in [5.41, 5.74) is 2.36. The van der Waals surface area contributed by atoms with Crippen LogP contribution < -0.4 is 4.74 Å². The zero-order chi connectivity index (χ0) is 18.2. The SMILES string of the molecule is CO/N=C(\Cl)c1cc(C#CCCCN2CCOC2=O)cc(C)c1OC. The van der Waals surface area contributed by atoms with Crippen molar-refractivity contribution in [2.75, 3.05) is 33.9 Å². The quantitative estimate of drug-likeness (QED) is 0.337. The highest BCUT2D eigenvalue weighted by atomic mass is 35.5. The lowest BCUT2D eigenvalue weighted by atomic mass is 10.1. The number of methoxy groups -OCH3 is 1. The number of amides is 1. The molecule has 2 rings (SSSR count). The number of benzene rings is 1. The summed E-state index contributed by atoms with van der Waals surface area (Å²) in [6.07, 6.45) is 1.25. The standard InChI is InChI=1S/C18H21ClN2O4/c1-13-11-14(12-15(16(13)23-2)17(19)20-24-3)7-5-4-6-8-21-9-10-25-18(21)22/h11-12H,4,6,8-10H2,1-3H3/b20-17-. The number of oxime groups is 1. The average Bonchev–Trinajstić information content (AvgIpc) is 2.99. The van der Waals surface area contributed by atoms with Gasteiger partial charge in [0.15, 0.2) is 5.17 Å².